The zero-order chi connectivity index (χ0) is 10.9. The first-order chi connectivity index (χ1) is 5.54. The molecule has 0 saturated heterocycles. The van der Waals surface area contributed by atoms with Gasteiger partial charge in [0.2, 0.25) is 0 Å². The first-order valence-electron chi connectivity index (χ1n) is 5.22. The molecule has 0 aromatic rings. The minimum Gasteiger partial charge on any atom is -0.393 e. The van der Waals surface area contributed by atoms with E-state index in [1.807, 2.05) is 20.8 Å². The predicted octanol–water partition coefficient (Wildman–Crippen LogP) is 3.22. The van der Waals surface area contributed by atoms with Crippen LogP contribution in [-0.4, -0.2) is 11.2 Å². The highest BCUT2D eigenvalue weighted by atomic mass is 16.3. The first-order valence-corrected chi connectivity index (χ1v) is 4.64. The Labute approximate surface area is 78.6 Å². The Bertz CT molecular complexity index is 152. The quantitative estimate of drug-likeness (QED) is 0.680. The van der Waals surface area contributed by atoms with Crippen LogP contribution < -0.4 is 0 Å². The molecule has 0 rings (SSSR count). The summed E-state index contributed by atoms with van der Waals surface area (Å²) < 4.78 is 7.86. The third kappa shape index (κ3) is 8.06. The molecule has 2 atom stereocenters. The molecule has 0 spiro atoms. The highest BCUT2D eigenvalue weighted by Crippen LogP contribution is 2.28. The topological polar surface area (TPSA) is 20.2 Å². The van der Waals surface area contributed by atoms with Gasteiger partial charge in [-0.1, -0.05) is 41.5 Å². The van der Waals surface area contributed by atoms with Crippen molar-refractivity contribution in [3.63, 3.8) is 0 Å². The average Bonchev–Trinajstić information content (AvgIpc) is 1.79. The fourth-order valence-electron chi connectivity index (χ4n) is 1.26. The number of hydrogen-bond donors (Lipinski definition) is 1. The van der Waals surface area contributed by atoms with Crippen LogP contribution in [-0.2, 0) is 0 Å². The monoisotopic (exact) mass is 173 g/mol. The Balaban J connectivity index is 4.20. The van der Waals surface area contributed by atoms with E-state index in [9.17, 15) is 5.11 Å². The molecule has 1 heteroatoms. The van der Waals surface area contributed by atoms with Crippen LogP contribution in [0.15, 0.2) is 0 Å². The minimum absolute atomic E-state index is 0.101. The molecule has 1 nitrogen and oxygen atoms in total. The number of rotatable bonds is 2. The van der Waals surface area contributed by atoms with Crippen molar-refractivity contribution in [3.05, 3.63) is 0 Å². The Kier molecular flexibility index (Phi) is 3.16. The molecule has 0 aromatic heterocycles. The van der Waals surface area contributed by atoms with Gasteiger partial charge in [0.15, 0.2) is 0 Å². The molecule has 0 aromatic carbocycles. The molecule has 0 aliphatic carbocycles. The van der Waals surface area contributed by atoms with Gasteiger partial charge in [-0.3, -0.25) is 0 Å². The van der Waals surface area contributed by atoms with Gasteiger partial charge in [-0.2, -0.15) is 0 Å². The molecule has 0 saturated carbocycles. The minimum atomic E-state index is -0.514. The van der Waals surface area contributed by atoms with Crippen LogP contribution in [0.4, 0.5) is 0 Å². The van der Waals surface area contributed by atoms with Crippen LogP contribution in [0, 0.1) is 10.8 Å². The van der Waals surface area contributed by atoms with E-state index < -0.39 is 12.5 Å². The van der Waals surface area contributed by atoms with E-state index in [4.69, 9.17) is 1.37 Å². The lowest BCUT2D eigenvalue weighted by molar-refractivity contribution is 0.0807. The molecule has 74 valence electrons. The Morgan fingerprint density at radius 1 is 1.08 bits per heavy atom. The molecular formula is C11H24O. The van der Waals surface area contributed by atoms with Gasteiger partial charge in [-0.25, -0.2) is 0 Å². The first kappa shape index (κ1) is 10.0. The molecule has 0 aliphatic rings. The van der Waals surface area contributed by atoms with Gasteiger partial charge in [0.05, 0.1) is 6.10 Å². The smallest absolute Gasteiger partial charge is 0.0550 e. The van der Waals surface area contributed by atoms with Gasteiger partial charge >= 0.3 is 0 Å². The van der Waals surface area contributed by atoms with Gasteiger partial charge in [0.1, 0.15) is 0 Å². The Morgan fingerprint density at radius 2 is 1.50 bits per heavy atom. The maximum Gasteiger partial charge on any atom is 0.0550 e. The van der Waals surface area contributed by atoms with Crippen molar-refractivity contribution in [2.24, 2.45) is 10.8 Å². The van der Waals surface area contributed by atoms with Crippen molar-refractivity contribution in [2.45, 2.75) is 60.5 Å². The molecule has 0 bridgehead atoms. The molecule has 0 heterocycles. The van der Waals surface area contributed by atoms with Gasteiger partial charge in [0.25, 0.3) is 0 Å². The third-order valence-electron chi connectivity index (χ3n) is 1.51. The molecule has 0 fully saturated rings. The largest absolute Gasteiger partial charge is 0.393 e. The predicted molar refractivity (Wildman–Crippen MR) is 54.2 cm³/mol. The number of aliphatic hydroxyl groups excluding tert-OH is 1. The van der Waals surface area contributed by atoms with Crippen LogP contribution in [0.5, 0.6) is 0 Å². The second-order valence-electron chi connectivity index (χ2n) is 5.86. The van der Waals surface area contributed by atoms with Crippen LogP contribution in [0.3, 0.4) is 0 Å². The van der Waals surface area contributed by atoms with Crippen LogP contribution >= 0.6 is 0 Å². The highest BCUT2D eigenvalue weighted by molar-refractivity contribution is 4.73. The molecule has 1 N–H and O–H groups in total. The van der Waals surface area contributed by atoms with E-state index in [-0.39, 0.29) is 10.8 Å². The summed E-state index contributed by atoms with van der Waals surface area (Å²) in [6, 6.07) is 0. The maximum absolute atomic E-state index is 9.80. The van der Waals surface area contributed by atoms with Crippen LogP contribution in [0.1, 0.15) is 55.7 Å². The van der Waals surface area contributed by atoms with E-state index >= 15 is 0 Å². The van der Waals surface area contributed by atoms with Gasteiger partial charge < -0.3 is 5.11 Å². The summed E-state index contributed by atoms with van der Waals surface area (Å²) >= 11 is 0. The Morgan fingerprint density at radius 3 is 1.75 bits per heavy atom. The standard InChI is InChI=1S/C11H24O/c1-10(2,3)7-9(12)8-11(4,5)6/h9,12H,7-8H2,1-6H3/i7D/t7-,9-/m0/s1. The summed E-state index contributed by atoms with van der Waals surface area (Å²) in [5, 5.41) is 9.80. The van der Waals surface area contributed by atoms with E-state index in [0.29, 0.717) is 6.42 Å². The molecule has 0 amide bonds. The molecule has 0 radical (unpaired) electrons. The summed E-state index contributed by atoms with van der Waals surface area (Å²) in [5.41, 5.74) is -0.0331. The fraction of sp³-hybridized carbons (Fsp3) is 1.00. The van der Waals surface area contributed by atoms with E-state index in [1.165, 1.54) is 0 Å². The van der Waals surface area contributed by atoms with Crippen molar-refractivity contribution in [2.75, 3.05) is 0 Å². The van der Waals surface area contributed by atoms with Crippen LogP contribution in [0.25, 0.3) is 0 Å². The van der Waals surface area contributed by atoms with E-state index in [0.717, 1.165) is 0 Å². The fourth-order valence-corrected chi connectivity index (χ4v) is 1.26. The second-order valence-corrected chi connectivity index (χ2v) is 5.86. The van der Waals surface area contributed by atoms with Crippen molar-refractivity contribution in [1.82, 2.24) is 0 Å². The molecule has 0 aliphatic heterocycles. The summed E-state index contributed by atoms with van der Waals surface area (Å²) in [4.78, 5) is 0. The van der Waals surface area contributed by atoms with E-state index in [1.54, 1.807) is 0 Å². The normalized spacial score (nSPS) is 20.1. The molecule has 12 heavy (non-hydrogen) atoms. The van der Waals surface area contributed by atoms with Gasteiger partial charge in [0, 0.05) is 1.37 Å². The van der Waals surface area contributed by atoms with Crippen molar-refractivity contribution in [1.29, 1.82) is 0 Å². The van der Waals surface area contributed by atoms with Crippen molar-refractivity contribution >= 4 is 0 Å². The number of aliphatic hydroxyl groups is 1. The zero-order valence-corrected chi connectivity index (χ0v) is 9.31. The average molecular weight is 173 g/mol. The summed E-state index contributed by atoms with van der Waals surface area (Å²) in [6.45, 7) is 12.3. The Hall–Kier alpha value is -0.0400. The number of hydrogen-bond acceptors (Lipinski definition) is 1. The highest BCUT2D eigenvalue weighted by Gasteiger charge is 2.21. The van der Waals surface area contributed by atoms with Crippen molar-refractivity contribution in [3.8, 4) is 0 Å². The lowest BCUT2D eigenvalue weighted by atomic mass is 9.82. The summed E-state index contributed by atoms with van der Waals surface area (Å²) in [6.07, 6.45) is -0.218. The summed E-state index contributed by atoms with van der Waals surface area (Å²) in [7, 11) is 0. The lowest BCUT2D eigenvalue weighted by Gasteiger charge is -2.27. The molecular weight excluding hydrogens is 148 g/mol. The second kappa shape index (κ2) is 3.78. The van der Waals surface area contributed by atoms with Gasteiger partial charge in [-0.05, 0) is 23.6 Å². The lowest BCUT2D eigenvalue weighted by Crippen LogP contribution is -2.22. The van der Waals surface area contributed by atoms with E-state index in [2.05, 4.69) is 20.8 Å². The van der Waals surface area contributed by atoms with Crippen molar-refractivity contribution < 1.29 is 6.48 Å². The van der Waals surface area contributed by atoms with Crippen LogP contribution in [0.2, 0.25) is 0 Å². The van der Waals surface area contributed by atoms with Gasteiger partial charge in [-0.15, -0.1) is 0 Å². The third-order valence-corrected chi connectivity index (χ3v) is 1.51. The SMILES string of the molecule is [2H][C@@H]([C@H](O)CC(C)(C)C)C(C)(C)C. The zero-order valence-electron chi connectivity index (χ0n) is 10.3. The molecule has 0 unspecified atom stereocenters. The summed E-state index contributed by atoms with van der Waals surface area (Å²) in [5.74, 6) is 0. The maximum atomic E-state index is 9.80.